The normalized spacial score (nSPS) is 11.2. The number of carbonyl (C=O) groups is 1. The van der Waals surface area contributed by atoms with Gasteiger partial charge in [-0.25, -0.2) is 4.79 Å². The molecule has 0 saturated carbocycles. The van der Waals surface area contributed by atoms with Gasteiger partial charge in [0.05, 0.1) is 12.7 Å². The van der Waals surface area contributed by atoms with Crippen LogP contribution in [0, 0.1) is 6.92 Å². The highest BCUT2D eigenvalue weighted by Gasteiger charge is 2.06. The first kappa shape index (κ1) is 17.8. The van der Waals surface area contributed by atoms with Gasteiger partial charge in [-0.1, -0.05) is 60.2 Å². The fourth-order valence-corrected chi connectivity index (χ4v) is 3.10. The van der Waals surface area contributed by atoms with Gasteiger partial charge in [-0.15, -0.1) is 0 Å². The lowest BCUT2D eigenvalue weighted by Crippen LogP contribution is -2.00. The highest BCUT2D eigenvalue weighted by atomic mass is 16.5. The monoisotopic (exact) mass is 368 g/mol. The zero-order valence-corrected chi connectivity index (χ0v) is 15.8. The van der Waals surface area contributed by atoms with Crippen LogP contribution in [0.5, 0.6) is 0 Å². The Kier molecular flexibility index (Phi) is 4.81. The summed E-state index contributed by atoms with van der Waals surface area (Å²) in [6.07, 6.45) is 4.05. The number of methoxy groups -OCH3 is 1. The molecule has 0 unspecified atom stereocenters. The van der Waals surface area contributed by atoms with E-state index in [0.29, 0.717) is 5.56 Å². The van der Waals surface area contributed by atoms with Crippen LogP contribution in [-0.4, -0.2) is 13.1 Å². The van der Waals surface area contributed by atoms with Gasteiger partial charge in [-0.2, -0.15) is 0 Å². The molecule has 0 aliphatic heterocycles. The predicted molar refractivity (Wildman–Crippen MR) is 113 cm³/mol. The van der Waals surface area contributed by atoms with Crippen molar-refractivity contribution in [2.75, 3.05) is 7.11 Å². The third-order valence-electron chi connectivity index (χ3n) is 4.67. The van der Waals surface area contributed by atoms with Gasteiger partial charge in [0.2, 0.25) is 0 Å². The molecule has 138 valence electrons. The number of benzene rings is 3. The maximum Gasteiger partial charge on any atom is 0.337 e. The second-order valence-corrected chi connectivity index (χ2v) is 6.72. The molecule has 0 bridgehead atoms. The Morgan fingerprint density at radius 1 is 0.857 bits per heavy atom. The van der Waals surface area contributed by atoms with Gasteiger partial charge in [0.25, 0.3) is 0 Å². The molecule has 0 N–H and O–H groups in total. The molecule has 0 radical (unpaired) electrons. The number of ether oxygens (including phenoxy) is 1. The third kappa shape index (κ3) is 3.74. The van der Waals surface area contributed by atoms with Crippen molar-refractivity contribution in [3.63, 3.8) is 0 Å². The van der Waals surface area contributed by atoms with E-state index < -0.39 is 0 Å². The van der Waals surface area contributed by atoms with Crippen LogP contribution in [0.25, 0.3) is 34.4 Å². The van der Waals surface area contributed by atoms with E-state index in [1.54, 1.807) is 12.1 Å². The first-order chi connectivity index (χ1) is 13.6. The summed E-state index contributed by atoms with van der Waals surface area (Å²) in [7, 11) is 1.38. The van der Waals surface area contributed by atoms with Crippen LogP contribution in [-0.2, 0) is 4.74 Å². The minimum absolute atomic E-state index is 0.327. The van der Waals surface area contributed by atoms with Crippen molar-refractivity contribution in [3.8, 4) is 11.3 Å². The Morgan fingerprint density at radius 3 is 2.14 bits per heavy atom. The van der Waals surface area contributed by atoms with E-state index in [1.165, 1.54) is 12.7 Å². The number of furan rings is 1. The highest BCUT2D eigenvalue weighted by molar-refractivity contribution is 5.89. The first-order valence-corrected chi connectivity index (χ1v) is 9.09. The Balaban J connectivity index is 1.51. The quantitative estimate of drug-likeness (QED) is 0.310. The molecule has 3 nitrogen and oxygen atoms in total. The lowest BCUT2D eigenvalue weighted by atomic mass is 10.1. The van der Waals surface area contributed by atoms with Crippen molar-refractivity contribution in [3.05, 3.63) is 95.1 Å². The average molecular weight is 368 g/mol. The number of hydrogen-bond acceptors (Lipinski definition) is 3. The Morgan fingerprint density at radius 2 is 1.50 bits per heavy atom. The van der Waals surface area contributed by atoms with Gasteiger partial charge in [0.1, 0.15) is 11.3 Å². The summed E-state index contributed by atoms with van der Waals surface area (Å²) in [4.78, 5) is 11.5. The van der Waals surface area contributed by atoms with E-state index in [-0.39, 0.29) is 5.97 Å². The van der Waals surface area contributed by atoms with E-state index in [2.05, 4.69) is 49.4 Å². The molecule has 28 heavy (non-hydrogen) atoms. The van der Waals surface area contributed by atoms with Crippen LogP contribution < -0.4 is 0 Å². The summed E-state index contributed by atoms with van der Waals surface area (Å²) in [6, 6.07) is 23.8. The Hall–Kier alpha value is -3.59. The van der Waals surface area contributed by atoms with Crippen molar-refractivity contribution in [2.45, 2.75) is 6.92 Å². The van der Waals surface area contributed by atoms with Gasteiger partial charge in [-0.3, -0.25) is 0 Å². The molecular weight excluding hydrogens is 348 g/mol. The SMILES string of the molecule is COC(=O)c1ccc(C=Cc2ccc(-c3cc4cc(C)ccc4o3)cc2)cc1. The lowest BCUT2D eigenvalue weighted by molar-refractivity contribution is 0.0600. The maximum atomic E-state index is 11.5. The minimum Gasteiger partial charge on any atom is -0.465 e. The minimum atomic E-state index is -0.327. The Labute approximate surface area is 163 Å². The molecule has 0 saturated heterocycles. The fourth-order valence-electron chi connectivity index (χ4n) is 3.10. The van der Waals surface area contributed by atoms with Crippen LogP contribution in [0.4, 0.5) is 0 Å². The number of rotatable bonds is 4. The van der Waals surface area contributed by atoms with Crippen LogP contribution in [0.2, 0.25) is 0 Å². The second-order valence-electron chi connectivity index (χ2n) is 6.72. The molecule has 1 heterocycles. The summed E-state index contributed by atoms with van der Waals surface area (Å²) in [5, 5.41) is 1.12. The first-order valence-electron chi connectivity index (χ1n) is 9.09. The van der Waals surface area contributed by atoms with Gasteiger partial charge in [-0.05, 0) is 48.4 Å². The molecule has 0 aliphatic rings. The fraction of sp³-hybridized carbons (Fsp3) is 0.0800. The number of fused-ring (bicyclic) bond motifs is 1. The molecule has 0 aliphatic carbocycles. The van der Waals surface area contributed by atoms with Crippen LogP contribution in [0.15, 0.2) is 77.2 Å². The summed E-state index contributed by atoms with van der Waals surface area (Å²) in [6.45, 7) is 2.08. The molecule has 4 rings (SSSR count). The summed E-state index contributed by atoms with van der Waals surface area (Å²) < 4.78 is 10.7. The van der Waals surface area contributed by atoms with Crippen molar-refractivity contribution in [1.82, 2.24) is 0 Å². The smallest absolute Gasteiger partial charge is 0.337 e. The zero-order chi connectivity index (χ0) is 19.5. The van der Waals surface area contributed by atoms with Gasteiger partial charge in [0, 0.05) is 10.9 Å². The van der Waals surface area contributed by atoms with Crippen molar-refractivity contribution in [1.29, 1.82) is 0 Å². The number of esters is 1. The average Bonchev–Trinajstić information content (AvgIpc) is 3.15. The zero-order valence-electron chi connectivity index (χ0n) is 15.8. The third-order valence-corrected chi connectivity index (χ3v) is 4.67. The largest absolute Gasteiger partial charge is 0.465 e. The molecule has 1 aromatic heterocycles. The van der Waals surface area contributed by atoms with Crippen LogP contribution >= 0.6 is 0 Å². The molecular formula is C25H20O3. The van der Waals surface area contributed by atoms with Gasteiger partial charge >= 0.3 is 5.97 Å². The van der Waals surface area contributed by atoms with E-state index in [0.717, 1.165) is 33.4 Å². The lowest BCUT2D eigenvalue weighted by Gasteiger charge is -2.00. The molecule has 0 amide bonds. The molecule has 0 atom stereocenters. The molecule has 0 spiro atoms. The van der Waals surface area contributed by atoms with Crippen molar-refractivity contribution in [2.24, 2.45) is 0 Å². The van der Waals surface area contributed by atoms with E-state index >= 15 is 0 Å². The van der Waals surface area contributed by atoms with Crippen LogP contribution in [0.1, 0.15) is 27.0 Å². The molecule has 4 aromatic rings. The second kappa shape index (κ2) is 7.57. The maximum absolute atomic E-state index is 11.5. The molecule has 0 fully saturated rings. The van der Waals surface area contributed by atoms with Crippen molar-refractivity contribution < 1.29 is 13.9 Å². The highest BCUT2D eigenvalue weighted by Crippen LogP contribution is 2.28. The van der Waals surface area contributed by atoms with Crippen molar-refractivity contribution >= 4 is 29.1 Å². The number of hydrogen-bond donors (Lipinski definition) is 0. The molecule has 3 heteroatoms. The summed E-state index contributed by atoms with van der Waals surface area (Å²) >= 11 is 0. The van der Waals surface area contributed by atoms with E-state index in [9.17, 15) is 4.79 Å². The van der Waals surface area contributed by atoms with Crippen LogP contribution in [0.3, 0.4) is 0 Å². The summed E-state index contributed by atoms with van der Waals surface area (Å²) in [5.41, 5.74) is 5.83. The summed E-state index contributed by atoms with van der Waals surface area (Å²) in [5.74, 6) is 0.543. The van der Waals surface area contributed by atoms with E-state index in [1.807, 2.05) is 30.4 Å². The van der Waals surface area contributed by atoms with Gasteiger partial charge in [0.15, 0.2) is 0 Å². The molecule has 3 aromatic carbocycles. The topological polar surface area (TPSA) is 39.4 Å². The number of carbonyl (C=O) groups excluding carboxylic acids is 1. The Bertz CT molecular complexity index is 1150. The van der Waals surface area contributed by atoms with E-state index in [4.69, 9.17) is 9.15 Å². The number of aryl methyl sites for hydroxylation is 1. The van der Waals surface area contributed by atoms with Gasteiger partial charge < -0.3 is 9.15 Å². The standard InChI is InChI=1S/C25H20O3/c1-17-3-14-23-22(15-17)16-24(28-23)20-10-6-18(7-11-20)4-5-19-8-12-21(13-9-19)25(26)27-2/h3-16H,1-2H3. The predicted octanol–water partition coefficient (Wildman–Crippen LogP) is 6.37.